The van der Waals surface area contributed by atoms with Crippen molar-refractivity contribution >= 4 is 21.6 Å². The maximum absolute atomic E-state index is 5.04. The summed E-state index contributed by atoms with van der Waals surface area (Å²) in [4.78, 5) is 2.55. The van der Waals surface area contributed by atoms with E-state index in [1.165, 1.54) is 35.0 Å². The van der Waals surface area contributed by atoms with Crippen LogP contribution in [0.3, 0.4) is 0 Å². The maximum Gasteiger partial charge on any atom is 0.0587 e. The molecular weight excluding hydrogens is 316 g/mol. The molecule has 0 atom stereocenters. The van der Waals surface area contributed by atoms with Crippen LogP contribution in [0.4, 0.5) is 5.69 Å². The van der Waals surface area contributed by atoms with E-state index in [1.54, 1.807) is 7.11 Å². The summed E-state index contributed by atoms with van der Waals surface area (Å²) in [6, 6.07) is 7.52. The van der Waals surface area contributed by atoms with Crippen LogP contribution in [0.1, 0.15) is 31.7 Å². The Labute approximate surface area is 130 Å². The van der Waals surface area contributed by atoms with Crippen LogP contribution < -0.4 is 10.2 Å². The van der Waals surface area contributed by atoms with E-state index in [2.05, 4.69) is 51.3 Å². The molecule has 0 bridgehead atoms. The minimum absolute atomic E-state index is 0.752. The zero-order valence-corrected chi connectivity index (χ0v) is 14.1. The van der Waals surface area contributed by atoms with Crippen molar-refractivity contribution in [3.63, 3.8) is 0 Å². The van der Waals surface area contributed by atoms with Gasteiger partial charge in [0, 0.05) is 42.9 Å². The van der Waals surface area contributed by atoms with Gasteiger partial charge in [-0.05, 0) is 37.0 Å². The number of nitrogens with zero attached hydrogens (tertiary/aromatic N) is 1. The first-order valence-electron chi connectivity index (χ1n) is 7.51. The van der Waals surface area contributed by atoms with Gasteiger partial charge in [0.15, 0.2) is 0 Å². The number of anilines is 1. The fourth-order valence-corrected chi connectivity index (χ4v) is 2.91. The first-order chi connectivity index (χ1) is 9.76. The molecule has 0 heterocycles. The van der Waals surface area contributed by atoms with E-state index < -0.39 is 0 Å². The molecular formula is C16H25BrN2O. The van der Waals surface area contributed by atoms with Crippen LogP contribution >= 0.6 is 15.9 Å². The minimum atomic E-state index is 0.752. The van der Waals surface area contributed by atoms with Crippen molar-refractivity contribution in [1.29, 1.82) is 0 Å². The van der Waals surface area contributed by atoms with Gasteiger partial charge in [-0.3, -0.25) is 0 Å². The number of ether oxygens (including phenoxy) is 1. The zero-order chi connectivity index (χ0) is 14.4. The molecule has 3 nitrogen and oxygen atoms in total. The predicted octanol–water partition coefficient (Wildman–Crippen LogP) is 3.56. The molecule has 0 amide bonds. The van der Waals surface area contributed by atoms with Crippen molar-refractivity contribution in [3.05, 3.63) is 28.2 Å². The average molecular weight is 341 g/mol. The average Bonchev–Trinajstić information content (AvgIpc) is 3.27. The van der Waals surface area contributed by atoms with Crippen molar-refractivity contribution in [3.8, 4) is 0 Å². The number of benzene rings is 1. The third-order valence-electron chi connectivity index (χ3n) is 3.62. The van der Waals surface area contributed by atoms with E-state index in [0.717, 1.165) is 32.3 Å². The van der Waals surface area contributed by atoms with Gasteiger partial charge in [0.05, 0.1) is 6.61 Å². The molecule has 1 aromatic rings. The van der Waals surface area contributed by atoms with Crippen LogP contribution in [-0.4, -0.2) is 32.8 Å². The molecule has 1 N–H and O–H groups in total. The summed E-state index contributed by atoms with van der Waals surface area (Å²) in [5.74, 6) is 0. The van der Waals surface area contributed by atoms with E-state index in [-0.39, 0.29) is 0 Å². The molecule has 0 aliphatic heterocycles. The largest absolute Gasteiger partial charge is 0.383 e. The fraction of sp³-hybridized carbons (Fsp3) is 0.625. The number of methoxy groups -OCH3 is 1. The first kappa shape index (κ1) is 15.8. The highest BCUT2D eigenvalue weighted by Gasteiger charge is 2.28. The maximum atomic E-state index is 5.04. The van der Waals surface area contributed by atoms with Crippen molar-refractivity contribution in [1.82, 2.24) is 5.32 Å². The van der Waals surface area contributed by atoms with Crippen LogP contribution in [0.25, 0.3) is 0 Å². The predicted molar refractivity (Wildman–Crippen MR) is 88.4 cm³/mol. The molecule has 0 aromatic heterocycles. The molecule has 1 fully saturated rings. The quantitative estimate of drug-likeness (QED) is 0.695. The Morgan fingerprint density at radius 3 is 2.80 bits per heavy atom. The van der Waals surface area contributed by atoms with Gasteiger partial charge in [-0.25, -0.2) is 0 Å². The standard InChI is InChI=1S/C16H25BrN2O/c1-3-9-19(14-6-7-14)15-5-4-13(16(17)11-15)12-18-8-10-20-2/h4-5,11,14,18H,3,6-10,12H2,1-2H3. The Hall–Kier alpha value is -0.580. The normalized spacial score (nSPS) is 14.6. The molecule has 0 radical (unpaired) electrons. The summed E-state index contributed by atoms with van der Waals surface area (Å²) in [5.41, 5.74) is 2.65. The molecule has 0 unspecified atom stereocenters. The smallest absolute Gasteiger partial charge is 0.0587 e. The van der Waals surface area contributed by atoms with Crippen LogP contribution in [0.2, 0.25) is 0 Å². The number of halogens is 1. The van der Waals surface area contributed by atoms with Crippen molar-refractivity contribution < 1.29 is 4.74 Å². The van der Waals surface area contributed by atoms with E-state index in [0.29, 0.717) is 0 Å². The molecule has 4 heteroatoms. The topological polar surface area (TPSA) is 24.5 Å². The van der Waals surface area contributed by atoms with Crippen LogP contribution in [0.5, 0.6) is 0 Å². The third kappa shape index (κ3) is 4.47. The summed E-state index contributed by atoms with van der Waals surface area (Å²) in [5, 5.41) is 3.38. The van der Waals surface area contributed by atoms with E-state index >= 15 is 0 Å². The molecule has 1 aromatic carbocycles. The lowest BCUT2D eigenvalue weighted by Gasteiger charge is -2.25. The Morgan fingerprint density at radius 1 is 1.40 bits per heavy atom. The van der Waals surface area contributed by atoms with Crippen LogP contribution in [0, 0.1) is 0 Å². The summed E-state index contributed by atoms with van der Waals surface area (Å²) >= 11 is 3.71. The first-order valence-corrected chi connectivity index (χ1v) is 8.30. The fourth-order valence-electron chi connectivity index (χ4n) is 2.41. The Balaban J connectivity index is 1.97. The van der Waals surface area contributed by atoms with Crippen molar-refractivity contribution in [2.45, 2.75) is 38.8 Å². The highest BCUT2D eigenvalue weighted by molar-refractivity contribution is 9.10. The Morgan fingerprint density at radius 2 is 2.20 bits per heavy atom. The molecule has 1 aliphatic rings. The number of rotatable bonds is 9. The van der Waals surface area contributed by atoms with Gasteiger partial charge in [-0.2, -0.15) is 0 Å². The second kappa shape index (κ2) is 8.01. The summed E-state index contributed by atoms with van der Waals surface area (Å²) in [7, 11) is 1.73. The third-order valence-corrected chi connectivity index (χ3v) is 4.36. The lowest BCUT2D eigenvalue weighted by molar-refractivity contribution is 0.199. The Bertz CT molecular complexity index is 421. The monoisotopic (exact) mass is 340 g/mol. The zero-order valence-electron chi connectivity index (χ0n) is 12.5. The van der Waals surface area contributed by atoms with Gasteiger partial charge in [0.25, 0.3) is 0 Å². The number of hydrogen-bond donors (Lipinski definition) is 1. The highest BCUT2D eigenvalue weighted by atomic mass is 79.9. The van der Waals surface area contributed by atoms with Crippen LogP contribution in [0.15, 0.2) is 22.7 Å². The molecule has 112 valence electrons. The summed E-state index contributed by atoms with van der Waals surface area (Å²) < 4.78 is 6.24. The molecule has 20 heavy (non-hydrogen) atoms. The minimum Gasteiger partial charge on any atom is -0.383 e. The molecule has 0 saturated heterocycles. The SMILES string of the molecule is CCCN(c1ccc(CNCCOC)c(Br)c1)C1CC1. The van der Waals surface area contributed by atoms with Crippen molar-refractivity contribution in [2.75, 3.05) is 31.7 Å². The highest BCUT2D eigenvalue weighted by Crippen LogP contribution is 2.33. The van der Waals surface area contributed by atoms with E-state index in [4.69, 9.17) is 4.74 Å². The van der Waals surface area contributed by atoms with Gasteiger partial charge in [0.2, 0.25) is 0 Å². The number of hydrogen-bond acceptors (Lipinski definition) is 3. The van der Waals surface area contributed by atoms with Crippen LogP contribution in [-0.2, 0) is 11.3 Å². The van der Waals surface area contributed by atoms with Gasteiger partial charge in [-0.1, -0.05) is 28.9 Å². The lowest BCUT2D eigenvalue weighted by Crippen LogP contribution is -2.26. The van der Waals surface area contributed by atoms with E-state index in [1.807, 2.05) is 0 Å². The lowest BCUT2D eigenvalue weighted by atomic mass is 10.2. The second-order valence-corrected chi connectivity index (χ2v) is 6.22. The van der Waals surface area contributed by atoms with Gasteiger partial charge < -0.3 is 15.0 Å². The van der Waals surface area contributed by atoms with Gasteiger partial charge >= 0.3 is 0 Å². The number of nitrogens with one attached hydrogen (secondary N) is 1. The summed E-state index contributed by atoms with van der Waals surface area (Å²) in [6.07, 6.45) is 3.89. The van der Waals surface area contributed by atoms with Crippen molar-refractivity contribution in [2.24, 2.45) is 0 Å². The van der Waals surface area contributed by atoms with Gasteiger partial charge in [-0.15, -0.1) is 0 Å². The molecule has 1 saturated carbocycles. The molecule has 0 spiro atoms. The molecule has 1 aliphatic carbocycles. The molecule has 2 rings (SSSR count). The van der Waals surface area contributed by atoms with Gasteiger partial charge in [0.1, 0.15) is 0 Å². The second-order valence-electron chi connectivity index (χ2n) is 5.37. The Kier molecular flexibility index (Phi) is 6.33. The van der Waals surface area contributed by atoms with E-state index in [9.17, 15) is 0 Å². The summed E-state index contributed by atoms with van der Waals surface area (Å²) in [6.45, 7) is 5.92.